The van der Waals surface area contributed by atoms with Gasteiger partial charge in [0.15, 0.2) is 0 Å². The summed E-state index contributed by atoms with van der Waals surface area (Å²) in [7, 11) is 0. The van der Waals surface area contributed by atoms with Crippen LogP contribution in [0.5, 0.6) is 0 Å². The number of nitrogens with zero attached hydrogens (tertiary/aromatic N) is 1. The molecule has 0 aromatic heterocycles. The largest absolute Gasteiger partial charge is 0.395 e. The third-order valence-corrected chi connectivity index (χ3v) is 2.97. The van der Waals surface area contributed by atoms with Crippen LogP contribution in [0.2, 0.25) is 0 Å². The fraction of sp³-hybridized carbons (Fsp3) is 1.00. The highest BCUT2D eigenvalue weighted by molar-refractivity contribution is 4.81. The number of aliphatic hydroxyl groups excluding tert-OH is 1. The first kappa shape index (κ1) is 12.9. The first-order valence-electron chi connectivity index (χ1n) is 6.18. The zero-order valence-electron chi connectivity index (χ0n) is 10.4. The molecule has 0 bridgehead atoms. The number of piperidine rings is 1. The van der Waals surface area contributed by atoms with Gasteiger partial charge in [-0.15, -0.1) is 0 Å². The first-order valence-corrected chi connectivity index (χ1v) is 6.18. The second kappa shape index (κ2) is 6.46. The van der Waals surface area contributed by atoms with Crippen LogP contribution in [0.3, 0.4) is 0 Å². The zero-order valence-corrected chi connectivity index (χ0v) is 10.4. The molecule has 2 atom stereocenters. The van der Waals surface area contributed by atoms with Crippen molar-refractivity contribution in [2.75, 3.05) is 32.8 Å². The van der Waals surface area contributed by atoms with Crippen LogP contribution >= 0.6 is 0 Å². The maximum atomic E-state index is 8.95. The molecule has 0 spiro atoms. The minimum absolute atomic E-state index is 0.281. The molecular weight excluding hydrogens is 188 g/mol. The van der Waals surface area contributed by atoms with Crippen LogP contribution in [0, 0.1) is 11.8 Å². The molecule has 1 heterocycles. The molecule has 0 amide bonds. The van der Waals surface area contributed by atoms with Crippen molar-refractivity contribution >= 4 is 0 Å². The van der Waals surface area contributed by atoms with Gasteiger partial charge in [0.05, 0.1) is 6.61 Å². The van der Waals surface area contributed by atoms with Crippen molar-refractivity contribution in [3.05, 3.63) is 0 Å². The van der Waals surface area contributed by atoms with Crippen molar-refractivity contribution < 1.29 is 5.11 Å². The Morgan fingerprint density at radius 1 is 1.40 bits per heavy atom. The predicted molar refractivity (Wildman–Crippen MR) is 63.9 cm³/mol. The normalized spacial score (nSPS) is 28.6. The van der Waals surface area contributed by atoms with E-state index in [2.05, 4.69) is 31.0 Å². The van der Waals surface area contributed by atoms with E-state index >= 15 is 0 Å². The first-order chi connectivity index (χ1) is 7.11. The second-order valence-corrected chi connectivity index (χ2v) is 5.32. The molecular formula is C12H26N2O. The van der Waals surface area contributed by atoms with E-state index in [-0.39, 0.29) is 6.61 Å². The Balaban J connectivity index is 2.31. The third-order valence-electron chi connectivity index (χ3n) is 2.97. The summed E-state index contributed by atoms with van der Waals surface area (Å²) in [6.07, 6.45) is 1.27. The number of hydrogen-bond acceptors (Lipinski definition) is 3. The lowest BCUT2D eigenvalue weighted by atomic mass is 9.95. The molecule has 0 aliphatic carbocycles. The Morgan fingerprint density at radius 3 is 2.73 bits per heavy atom. The maximum Gasteiger partial charge on any atom is 0.0558 e. The summed E-state index contributed by atoms with van der Waals surface area (Å²) in [5.74, 6) is 1.46. The molecule has 2 unspecified atom stereocenters. The highest BCUT2D eigenvalue weighted by Gasteiger charge is 2.23. The summed E-state index contributed by atoms with van der Waals surface area (Å²) < 4.78 is 0. The lowest BCUT2D eigenvalue weighted by Gasteiger charge is -2.36. The van der Waals surface area contributed by atoms with Gasteiger partial charge in [-0.1, -0.05) is 20.8 Å². The Labute approximate surface area is 93.9 Å². The van der Waals surface area contributed by atoms with E-state index in [1.165, 1.54) is 6.42 Å². The maximum absolute atomic E-state index is 8.95. The highest BCUT2D eigenvalue weighted by atomic mass is 16.3. The summed E-state index contributed by atoms with van der Waals surface area (Å²) in [6, 6.07) is 0.614. The van der Waals surface area contributed by atoms with E-state index in [4.69, 9.17) is 5.11 Å². The molecule has 3 heteroatoms. The summed E-state index contributed by atoms with van der Waals surface area (Å²) in [5.41, 5.74) is 0. The molecule has 0 radical (unpaired) electrons. The van der Waals surface area contributed by atoms with Crippen molar-refractivity contribution in [3.8, 4) is 0 Å². The molecule has 90 valence electrons. The van der Waals surface area contributed by atoms with Crippen LogP contribution in [0.4, 0.5) is 0 Å². The van der Waals surface area contributed by atoms with Crippen LogP contribution in [0.15, 0.2) is 0 Å². The zero-order chi connectivity index (χ0) is 11.3. The van der Waals surface area contributed by atoms with Crippen molar-refractivity contribution in [1.82, 2.24) is 10.2 Å². The Kier molecular flexibility index (Phi) is 5.58. The number of rotatable bonds is 5. The minimum Gasteiger partial charge on any atom is -0.395 e. The number of nitrogens with one attached hydrogen (secondary N) is 1. The lowest BCUT2D eigenvalue weighted by Crippen LogP contribution is -2.50. The number of likely N-dealkylation sites (tertiary alicyclic amines) is 1. The average molecular weight is 214 g/mol. The SMILES string of the molecule is CC(C)CNC1CC(C)CN(CCO)C1. The molecule has 0 saturated carbocycles. The van der Waals surface area contributed by atoms with Crippen LogP contribution in [0.1, 0.15) is 27.2 Å². The highest BCUT2D eigenvalue weighted by Crippen LogP contribution is 2.16. The Morgan fingerprint density at radius 2 is 2.13 bits per heavy atom. The van der Waals surface area contributed by atoms with E-state index in [0.717, 1.165) is 32.1 Å². The second-order valence-electron chi connectivity index (χ2n) is 5.32. The predicted octanol–water partition coefficient (Wildman–Crippen LogP) is 0.935. The third kappa shape index (κ3) is 4.96. The molecule has 1 fully saturated rings. The molecule has 1 aliphatic rings. The molecule has 3 nitrogen and oxygen atoms in total. The van der Waals surface area contributed by atoms with Gasteiger partial charge in [-0.05, 0) is 24.8 Å². The Bertz CT molecular complexity index is 173. The van der Waals surface area contributed by atoms with E-state index in [1.54, 1.807) is 0 Å². The minimum atomic E-state index is 0.281. The van der Waals surface area contributed by atoms with Gasteiger partial charge in [-0.3, -0.25) is 4.90 Å². The average Bonchev–Trinajstić information content (AvgIpc) is 2.14. The van der Waals surface area contributed by atoms with Crippen molar-refractivity contribution in [1.29, 1.82) is 0 Å². The van der Waals surface area contributed by atoms with Gasteiger partial charge in [0.1, 0.15) is 0 Å². The molecule has 1 aliphatic heterocycles. The van der Waals surface area contributed by atoms with Crippen molar-refractivity contribution in [3.63, 3.8) is 0 Å². The van der Waals surface area contributed by atoms with Gasteiger partial charge in [-0.2, -0.15) is 0 Å². The molecule has 0 aromatic carbocycles. The number of β-amino-alcohol motifs (C(OH)–C–C–N with tert-alkyl or cyclic N) is 1. The van der Waals surface area contributed by atoms with Gasteiger partial charge in [0.25, 0.3) is 0 Å². The number of aliphatic hydroxyl groups is 1. The van der Waals surface area contributed by atoms with Crippen molar-refractivity contribution in [2.45, 2.75) is 33.2 Å². The quantitative estimate of drug-likeness (QED) is 0.715. The van der Waals surface area contributed by atoms with E-state index in [9.17, 15) is 0 Å². The summed E-state index contributed by atoms with van der Waals surface area (Å²) in [4.78, 5) is 2.37. The van der Waals surface area contributed by atoms with Gasteiger partial charge in [0.2, 0.25) is 0 Å². The lowest BCUT2D eigenvalue weighted by molar-refractivity contribution is 0.121. The van der Waals surface area contributed by atoms with E-state index < -0.39 is 0 Å². The summed E-state index contributed by atoms with van der Waals surface area (Å²) in [5, 5.41) is 12.6. The standard InChI is InChI=1S/C12H26N2O/c1-10(2)7-13-12-6-11(3)8-14(9-12)4-5-15/h10-13,15H,4-9H2,1-3H3. The molecule has 0 aromatic rings. The smallest absolute Gasteiger partial charge is 0.0558 e. The Hall–Kier alpha value is -0.120. The van der Waals surface area contributed by atoms with Gasteiger partial charge in [-0.25, -0.2) is 0 Å². The van der Waals surface area contributed by atoms with E-state index in [1.807, 2.05) is 0 Å². The van der Waals surface area contributed by atoms with Gasteiger partial charge >= 0.3 is 0 Å². The van der Waals surface area contributed by atoms with Crippen LogP contribution in [-0.4, -0.2) is 48.8 Å². The summed E-state index contributed by atoms with van der Waals surface area (Å²) in [6.45, 7) is 11.2. The van der Waals surface area contributed by atoms with Crippen molar-refractivity contribution in [2.24, 2.45) is 11.8 Å². The molecule has 15 heavy (non-hydrogen) atoms. The summed E-state index contributed by atoms with van der Waals surface area (Å²) >= 11 is 0. The molecule has 2 N–H and O–H groups in total. The molecule has 1 rings (SSSR count). The fourth-order valence-electron chi connectivity index (χ4n) is 2.34. The van der Waals surface area contributed by atoms with Gasteiger partial charge < -0.3 is 10.4 Å². The van der Waals surface area contributed by atoms with Gasteiger partial charge in [0, 0.05) is 25.7 Å². The molecule has 1 saturated heterocycles. The topological polar surface area (TPSA) is 35.5 Å². The van der Waals surface area contributed by atoms with Crippen LogP contribution in [0.25, 0.3) is 0 Å². The fourth-order valence-corrected chi connectivity index (χ4v) is 2.34. The van der Waals surface area contributed by atoms with Crippen LogP contribution in [-0.2, 0) is 0 Å². The monoisotopic (exact) mass is 214 g/mol. The van der Waals surface area contributed by atoms with Crippen LogP contribution < -0.4 is 5.32 Å². The number of hydrogen-bond donors (Lipinski definition) is 2. The van der Waals surface area contributed by atoms with E-state index in [0.29, 0.717) is 12.0 Å².